The molecule has 0 saturated heterocycles. The first-order valence-electron chi connectivity index (χ1n) is 5.19. The third-order valence-electron chi connectivity index (χ3n) is 3.34. The standard InChI is InChI=1S/C11H14Cl2N2/c12-9-6-8(7-15-10(9)13)11(4-5-14)2-1-3-11/h6-7H,1-5,14H2. The Morgan fingerprint density at radius 3 is 2.60 bits per heavy atom. The molecule has 2 N–H and O–H groups in total. The Balaban J connectivity index is 2.30. The van der Waals surface area contributed by atoms with Gasteiger partial charge in [0.2, 0.25) is 0 Å². The van der Waals surface area contributed by atoms with Crippen molar-refractivity contribution in [3.8, 4) is 0 Å². The summed E-state index contributed by atoms with van der Waals surface area (Å²) in [7, 11) is 0. The molecule has 0 unspecified atom stereocenters. The summed E-state index contributed by atoms with van der Waals surface area (Å²) in [5.74, 6) is 0. The largest absolute Gasteiger partial charge is 0.330 e. The van der Waals surface area contributed by atoms with Crippen molar-refractivity contribution in [1.82, 2.24) is 4.98 Å². The topological polar surface area (TPSA) is 38.9 Å². The van der Waals surface area contributed by atoms with E-state index < -0.39 is 0 Å². The van der Waals surface area contributed by atoms with Gasteiger partial charge in [0.05, 0.1) is 5.02 Å². The molecule has 15 heavy (non-hydrogen) atoms. The Kier molecular flexibility index (Phi) is 3.19. The molecule has 2 nitrogen and oxygen atoms in total. The lowest BCUT2D eigenvalue weighted by molar-refractivity contribution is 0.229. The van der Waals surface area contributed by atoms with Crippen molar-refractivity contribution in [2.75, 3.05) is 6.54 Å². The van der Waals surface area contributed by atoms with Crippen LogP contribution >= 0.6 is 23.2 Å². The third-order valence-corrected chi connectivity index (χ3v) is 4.03. The highest BCUT2D eigenvalue weighted by molar-refractivity contribution is 6.41. The van der Waals surface area contributed by atoms with E-state index in [9.17, 15) is 0 Å². The van der Waals surface area contributed by atoms with Gasteiger partial charge < -0.3 is 5.73 Å². The maximum Gasteiger partial charge on any atom is 0.147 e. The highest BCUT2D eigenvalue weighted by Gasteiger charge is 2.38. The van der Waals surface area contributed by atoms with Gasteiger partial charge >= 0.3 is 0 Å². The molecule has 0 bridgehead atoms. The van der Waals surface area contributed by atoms with E-state index >= 15 is 0 Å². The first-order chi connectivity index (χ1) is 7.18. The van der Waals surface area contributed by atoms with Crippen molar-refractivity contribution in [3.05, 3.63) is 28.0 Å². The van der Waals surface area contributed by atoms with Crippen molar-refractivity contribution >= 4 is 23.2 Å². The SMILES string of the molecule is NCCC1(c2cnc(Cl)c(Cl)c2)CCC1. The Labute approximate surface area is 99.8 Å². The quantitative estimate of drug-likeness (QED) is 0.830. The van der Waals surface area contributed by atoms with Gasteiger partial charge in [-0.1, -0.05) is 29.6 Å². The average molecular weight is 245 g/mol. The van der Waals surface area contributed by atoms with E-state index in [0.29, 0.717) is 16.7 Å². The number of nitrogens with zero attached hydrogens (tertiary/aromatic N) is 1. The van der Waals surface area contributed by atoms with Gasteiger partial charge in [0, 0.05) is 6.20 Å². The fourth-order valence-electron chi connectivity index (χ4n) is 2.27. The summed E-state index contributed by atoms with van der Waals surface area (Å²) in [6, 6.07) is 1.94. The second kappa shape index (κ2) is 4.28. The Bertz CT molecular complexity index is 362. The molecule has 4 heteroatoms. The highest BCUT2D eigenvalue weighted by Crippen LogP contribution is 2.46. The molecule has 1 heterocycles. The maximum absolute atomic E-state index is 5.98. The normalized spacial score (nSPS) is 18.6. The van der Waals surface area contributed by atoms with Gasteiger partial charge in [0.25, 0.3) is 0 Å². The zero-order chi connectivity index (χ0) is 10.9. The van der Waals surface area contributed by atoms with E-state index in [1.165, 1.54) is 24.8 Å². The van der Waals surface area contributed by atoms with E-state index in [0.717, 1.165) is 6.42 Å². The van der Waals surface area contributed by atoms with Gasteiger partial charge in [-0.05, 0) is 42.9 Å². The monoisotopic (exact) mass is 244 g/mol. The molecule has 1 aromatic rings. The molecule has 1 saturated carbocycles. The van der Waals surface area contributed by atoms with Crippen LogP contribution in [0.3, 0.4) is 0 Å². The molecule has 0 aliphatic heterocycles. The number of pyridine rings is 1. The lowest BCUT2D eigenvalue weighted by Gasteiger charge is -2.42. The third kappa shape index (κ3) is 1.99. The minimum atomic E-state index is 0.218. The lowest BCUT2D eigenvalue weighted by atomic mass is 9.63. The van der Waals surface area contributed by atoms with Crippen molar-refractivity contribution in [1.29, 1.82) is 0 Å². The zero-order valence-corrected chi connectivity index (χ0v) is 9.98. The van der Waals surface area contributed by atoms with Crippen LogP contribution in [0.15, 0.2) is 12.3 Å². The van der Waals surface area contributed by atoms with E-state index in [1.807, 2.05) is 12.3 Å². The van der Waals surface area contributed by atoms with Crippen LogP contribution < -0.4 is 5.73 Å². The Hall–Kier alpha value is -0.310. The predicted molar refractivity (Wildman–Crippen MR) is 63.5 cm³/mol. The highest BCUT2D eigenvalue weighted by atomic mass is 35.5. The number of nitrogens with two attached hydrogens (primary N) is 1. The number of hydrogen-bond acceptors (Lipinski definition) is 2. The second-order valence-corrected chi connectivity index (χ2v) is 4.93. The average Bonchev–Trinajstić information content (AvgIpc) is 2.16. The first-order valence-corrected chi connectivity index (χ1v) is 5.95. The second-order valence-electron chi connectivity index (χ2n) is 4.17. The van der Waals surface area contributed by atoms with Crippen LogP contribution in [0.25, 0.3) is 0 Å². The van der Waals surface area contributed by atoms with Crippen molar-refractivity contribution in [3.63, 3.8) is 0 Å². The summed E-state index contributed by atoms with van der Waals surface area (Å²) in [5.41, 5.74) is 7.06. The van der Waals surface area contributed by atoms with Crippen molar-refractivity contribution in [2.45, 2.75) is 31.1 Å². The predicted octanol–water partition coefficient (Wildman–Crippen LogP) is 3.16. The Morgan fingerprint density at radius 1 is 1.40 bits per heavy atom. The molecule has 0 radical (unpaired) electrons. The molecule has 1 aromatic heterocycles. The fraction of sp³-hybridized carbons (Fsp3) is 0.545. The number of aromatic nitrogens is 1. The first kappa shape index (κ1) is 11.2. The van der Waals surface area contributed by atoms with E-state index in [4.69, 9.17) is 28.9 Å². The summed E-state index contributed by atoms with van der Waals surface area (Å²) in [5, 5.41) is 0.917. The van der Waals surface area contributed by atoms with Crippen molar-refractivity contribution in [2.24, 2.45) is 5.73 Å². The van der Waals surface area contributed by atoms with Crippen LogP contribution in [0.1, 0.15) is 31.2 Å². The van der Waals surface area contributed by atoms with E-state index in [-0.39, 0.29) is 5.41 Å². The van der Waals surface area contributed by atoms with Gasteiger partial charge in [0.15, 0.2) is 0 Å². The van der Waals surface area contributed by atoms with Crippen LogP contribution in [0.5, 0.6) is 0 Å². The van der Waals surface area contributed by atoms with Gasteiger partial charge in [-0.3, -0.25) is 0 Å². The molecule has 0 atom stereocenters. The fourth-order valence-corrected chi connectivity index (χ4v) is 2.54. The molecule has 1 fully saturated rings. The van der Waals surface area contributed by atoms with Crippen LogP contribution in [0.2, 0.25) is 10.2 Å². The molecule has 1 aliphatic rings. The number of hydrogen-bond donors (Lipinski definition) is 1. The maximum atomic E-state index is 5.98. The molecular formula is C11H14Cl2N2. The summed E-state index contributed by atoms with van der Waals surface area (Å²) in [6.07, 6.45) is 6.48. The molecule has 82 valence electrons. The smallest absolute Gasteiger partial charge is 0.147 e. The van der Waals surface area contributed by atoms with Crippen LogP contribution in [-0.2, 0) is 5.41 Å². The van der Waals surface area contributed by atoms with E-state index in [1.54, 1.807) is 0 Å². The Morgan fingerprint density at radius 2 is 2.13 bits per heavy atom. The van der Waals surface area contributed by atoms with Gasteiger partial charge in [-0.25, -0.2) is 4.98 Å². The van der Waals surface area contributed by atoms with Crippen molar-refractivity contribution < 1.29 is 0 Å². The molecule has 1 aliphatic carbocycles. The molecule has 0 amide bonds. The van der Waals surface area contributed by atoms with Crippen LogP contribution in [0, 0.1) is 0 Å². The van der Waals surface area contributed by atoms with E-state index in [2.05, 4.69) is 4.98 Å². The number of halogens is 2. The van der Waals surface area contributed by atoms with Crippen LogP contribution in [-0.4, -0.2) is 11.5 Å². The minimum Gasteiger partial charge on any atom is -0.330 e. The summed E-state index contributed by atoms with van der Waals surface area (Å²) in [4.78, 5) is 4.10. The lowest BCUT2D eigenvalue weighted by Crippen LogP contribution is -2.36. The molecular weight excluding hydrogens is 231 g/mol. The minimum absolute atomic E-state index is 0.218. The van der Waals surface area contributed by atoms with Gasteiger partial charge in [0.1, 0.15) is 5.15 Å². The molecule has 2 rings (SSSR count). The zero-order valence-electron chi connectivity index (χ0n) is 8.47. The molecule has 0 spiro atoms. The van der Waals surface area contributed by atoms with Gasteiger partial charge in [-0.2, -0.15) is 0 Å². The molecule has 0 aromatic carbocycles. The summed E-state index contributed by atoms with van der Waals surface area (Å²) < 4.78 is 0. The van der Waals surface area contributed by atoms with Crippen LogP contribution in [0.4, 0.5) is 0 Å². The summed E-state index contributed by atoms with van der Waals surface area (Å²) in [6.45, 7) is 0.709. The summed E-state index contributed by atoms with van der Waals surface area (Å²) >= 11 is 11.8. The number of rotatable bonds is 3. The van der Waals surface area contributed by atoms with Gasteiger partial charge in [-0.15, -0.1) is 0 Å².